The molecule has 1 aliphatic heterocycles. The largest absolute Gasteiger partial charge is 0.492 e. The number of hydrogen-bond acceptors (Lipinski definition) is 11. The van der Waals surface area contributed by atoms with Gasteiger partial charge in [-0.3, -0.25) is 4.79 Å². The van der Waals surface area contributed by atoms with Gasteiger partial charge in [0, 0.05) is 71.9 Å². The van der Waals surface area contributed by atoms with Crippen LogP contribution in [-0.4, -0.2) is 94.8 Å². The number of amides is 1. The molecule has 0 aliphatic carbocycles. The Labute approximate surface area is 247 Å². The van der Waals surface area contributed by atoms with Crippen LogP contribution in [0.2, 0.25) is 0 Å². The Kier molecular flexibility index (Phi) is 10.1. The third kappa shape index (κ3) is 8.71. The van der Waals surface area contributed by atoms with E-state index in [0.717, 1.165) is 37.5 Å². The molecule has 3 heterocycles. The van der Waals surface area contributed by atoms with Crippen LogP contribution in [0, 0.1) is 0 Å². The summed E-state index contributed by atoms with van der Waals surface area (Å²) in [5.41, 5.74) is 3.40. The summed E-state index contributed by atoms with van der Waals surface area (Å²) in [6, 6.07) is 9.17. The molecule has 3 N–H and O–H groups in total. The van der Waals surface area contributed by atoms with E-state index in [1.165, 1.54) is 29.8 Å². The van der Waals surface area contributed by atoms with Crippen LogP contribution in [0.5, 0.6) is 5.75 Å². The van der Waals surface area contributed by atoms with Gasteiger partial charge >= 0.3 is 0 Å². The normalized spacial score (nSPS) is 13.3. The highest BCUT2D eigenvalue weighted by atomic mass is 32.2. The average molecular weight is 594 g/mol. The molecule has 224 valence electrons. The van der Waals surface area contributed by atoms with Crippen molar-refractivity contribution in [2.45, 2.75) is 13.0 Å². The van der Waals surface area contributed by atoms with Crippen LogP contribution in [-0.2, 0) is 22.7 Å². The Morgan fingerprint density at radius 2 is 2.05 bits per heavy atom. The number of nitrogens with zero attached hydrogens (tertiary/aromatic N) is 6. The lowest BCUT2D eigenvalue weighted by molar-refractivity contribution is 0.0958. The molecule has 0 saturated heterocycles. The fraction of sp³-hybridized carbons (Fsp3) is 0.379. The van der Waals surface area contributed by atoms with Gasteiger partial charge < -0.3 is 30.5 Å². The number of nitrogens with one attached hydrogen (secondary N) is 3. The number of pyridine rings is 1. The van der Waals surface area contributed by atoms with Crippen molar-refractivity contribution in [2.75, 3.05) is 70.5 Å². The van der Waals surface area contributed by atoms with Gasteiger partial charge in [0.15, 0.2) is 5.82 Å². The van der Waals surface area contributed by atoms with E-state index in [1.807, 2.05) is 20.2 Å². The lowest BCUT2D eigenvalue weighted by Gasteiger charge is -2.27. The zero-order chi connectivity index (χ0) is 30.3. The summed E-state index contributed by atoms with van der Waals surface area (Å²) in [6.07, 6.45) is 7.03. The van der Waals surface area contributed by atoms with Gasteiger partial charge in [-0.05, 0) is 51.3 Å². The van der Waals surface area contributed by atoms with Crippen molar-refractivity contribution in [1.29, 1.82) is 0 Å². The molecule has 0 fully saturated rings. The fourth-order valence-electron chi connectivity index (χ4n) is 4.32. The summed E-state index contributed by atoms with van der Waals surface area (Å²) in [5, 5.41) is 9.16. The lowest BCUT2D eigenvalue weighted by atomic mass is 9.98. The van der Waals surface area contributed by atoms with Crippen LogP contribution >= 0.6 is 0 Å². The smallest absolute Gasteiger partial charge is 0.256 e. The van der Waals surface area contributed by atoms with Crippen molar-refractivity contribution in [3.8, 4) is 5.75 Å². The molecule has 4 rings (SSSR count). The second kappa shape index (κ2) is 13.7. The summed E-state index contributed by atoms with van der Waals surface area (Å²) in [7, 11) is 3.73. The number of rotatable bonds is 12. The second-order valence-electron chi connectivity index (χ2n) is 10.6. The molecule has 0 unspecified atom stereocenters. The van der Waals surface area contributed by atoms with E-state index in [2.05, 4.69) is 64.8 Å². The molecule has 42 heavy (non-hydrogen) atoms. The van der Waals surface area contributed by atoms with Crippen LogP contribution in [0.3, 0.4) is 0 Å². The van der Waals surface area contributed by atoms with Gasteiger partial charge in [0.1, 0.15) is 29.6 Å². The number of fused-ring (bicyclic) bond motifs is 1. The maximum atomic E-state index is 12.9. The molecule has 12 nitrogen and oxygen atoms in total. The highest BCUT2D eigenvalue weighted by Crippen LogP contribution is 2.33. The minimum atomic E-state index is -2.40. The Morgan fingerprint density at radius 3 is 2.79 bits per heavy atom. The average Bonchev–Trinajstić information content (AvgIpc) is 2.90. The lowest BCUT2D eigenvalue weighted by Crippen LogP contribution is -2.27. The summed E-state index contributed by atoms with van der Waals surface area (Å²) < 4.78 is 22.6. The molecular formula is C29H39N9O3S. The number of likely N-dealkylation sites (N-methyl/N-ethyl adjacent to an activating group) is 2. The maximum absolute atomic E-state index is 12.9. The molecule has 0 saturated carbocycles. The number of anilines is 4. The Morgan fingerprint density at radius 1 is 1.24 bits per heavy atom. The monoisotopic (exact) mass is 593 g/mol. The number of benzene rings is 1. The van der Waals surface area contributed by atoms with Crippen LogP contribution in [0.25, 0.3) is 0 Å². The second-order valence-corrected chi connectivity index (χ2v) is 13.2. The van der Waals surface area contributed by atoms with E-state index < -0.39 is 9.73 Å². The van der Waals surface area contributed by atoms with Gasteiger partial charge in [-0.2, -0.15) is 9.35 Å². The Hall–Kier alpha value is -4.07. The highest BCUT2D eigenvalue weighted by Gasteiger charge is 2.20. The van der Waals surface area contributed by atoms with Crippen molar-refractivity contribution in [1.82, 2.24) is 30.1 Å². The quantitative estimate of drug-likeness (QED) is 0.267. The first-order valence-corrected chi connectivity index (χ1v) is 15.9. The summed E-state index contributed by atoms with van der Waals surface area (Å²) >= 11 is 0. The standard InChI is InChI=1S/C29H39N9O3S/c1-7-12-30-28(39)23-18-31-29(35-27(23)34-25-9-8-10-26(33-25)36-42(5,6)40)32-21-16-20-19-38(4)13-11-22(20)24(17-21)41-15-14-37(2)3/h7-10,16-18H,1,11-15,19H2,2-6H3,(H,30,39)(H2,31,32,33,34,35). The van der Waals surface area contributed by atoms with E-state index in [0.29, 0.717) is 18.2 Å². The molecule has 1 aromatic carbocycles. The first-order valence-electron chi connectivity index (χ1n) is 13.6. The maximum Gasteiger partial charge on any atom is 0.256 e. The number of ether oxygens (including phenoxy) is 1. The molecule has 1 aliphatic rings. The van der Waals surface area contributed by atoms with Gasteiger partial charge in [-0.1, -0.05) is 12.1 Å². The Bertz CT molecular complexity index is 1560. The number of aromatic nitrogens is 3. The zero-order valence-corrected chi connectivity index (χ0v) is 25.6. The van der Waals surface area contributed by atoms with E-state index >= 15 is 0 Å². The third-order valence-electron chi connectivity index (χ3n) is 6.27. The van der Waals surface area contributed by atoms with Gasteiger partial charge in [0.05, 0.1) is 0 Å². The summed E-state index contributed by atoms with van der Waals surface area (Å²) in [4.78, 5) is 30.8. The minimum Gasteiger partial charge on any atom is -0.492 e. The highest BCUT2D eigenvalue weighted by molar-refractivity contribution is 7.92. The van der Waals surface area contributed by atoms with Crippen LogP contribution < -0.4 is 20.7 Å². The molecule has 3 aromatic rings. The van der Waals surface area contributed by atoms with Crippen LogP contribution in [0.1, 0.15) is 21.5 Å². The SMILES string of the molecule is C=CCNC(=O)c1cnc(Nc2cc3c(c(OCCN(C)C)c2)CCN(C)C3)nc1Nc1cccc(N=S(C)(C)=O)n1. The third-order valence-corrected chi connectivity index (χ3v) is 6.90. The fourth-order valence-corrected chi connectivity index (χ4v) is 4.87. The molecule has 0 spiro atoms. The molecule has 1 amide bonds. The van der Waals surface area contributed by atoms with Gasteiger partial charge in [-0.25, -0.2) is 14.2 Å². The summed E-state index contributed by atoms with van der Waals surface area (Å²) in [6.45, 7) is 7.08. The van der Waals surface area contributed by atoms with Crippen molar-refractivity contribution in [3.63, 3.8) is 0 Å². The van der Waals surface area contributed by atoms with Gasteiger partial charge in [-0.15, -0.1) is 6.58 Å². The van der Waals surface area contributed by atoms with E-state index in [-0.39, 0.29) is 29.8 Å². The number of hydrogen-bond donors (Lipinski definition) is 3. The zero-order valence-electron chi connectivity index (χ0n) is 24.8. The minimum absolute atomic E-state index is 0.223. The Balaban J connectivity index is 1.67. The van der Waals surface area contributed by atoms with Crippen molar-refractivity contribution < 1.29 is 13.7 Å². The topological polar surface area (TPSA) is 137 Å². The molecule has 0 atom stereocenters. The molecule has 0 bridgehead atoms. The van der Waals surface area contributed by atoms with Crippen molar-refractivity contribution in [3.05, 3.63) is 65.9 Å². The molecule has 2 aromatic heterocycles. The predicted octanol–water partition coefficient (Wildman–Crippen LogP) is 3.56. The number of carbonyl (C=O) groups is 1. The summed E-state index contributed by atoms with van der Waals surface area (Å²) in [5.74, 6) is 1.69. The molecular weight excluding hydrogens is 554 g/mol. The van der Waals surface area contributed by atoms with Crippen molar-refractivity contribution >= 4 is 44.7 Å². The first kappa shape index (κ1) is 30.9. The van der Waals surface area contributed by atoms with Crippen LogP contribution in [0.4, 0.5) is 29.1 Å². The van der Waals surface area contributed by atoms with E-state index in [1.54, 1.807) is 24.3 Å². The van der Waals surface area contributed by atoms with Gasteiger partial charge in [0.2, 0.25) is 5.95 Å². The predicted molar refractivity (Wildman–Crippen MR) is 168 cm³/mol. The molecule has 0 radical (unpaired) electrons. The number of carbonyl (C=O) groups excluding carboxylic acids is 1. The van der Waals surface area contributed by atoms with Gasteiger partial charge in [0.25, 0.3) is 5.91 Å². The van der Waals surface area contributed by atoms with E-state index in [4.69, 9.17) is 4.74 Å². The van der Waals surface area contributed by atoms with E-state index in [9.17, 15) is 9.00 Å². The van der Waals surface area contributed by atoms with Crippen molar-refractivity contribution in [2.24, 2.45) is 4.36 Å². The molecule has 13 heteroatoms. The van der Waals surface area contributed by atoms with Crippen LogP contribution in [0.15, 0.2) is 53.5 Å². The first-order chi connectivity index (χ1) is 20.0.